The van der Waals surface area contributed by atoms with E-state index >= 15 is 0 Å². The maximum atomic E-state index is 12.1. The summed E-state index contributed by atoms with van der Waals surface area (Å²) in [5, 5.41) is 3.71. The van der Waals surface area contributed by atoms with Crippen LogP contribution >= 0.6 is 11.3 Å². The van der Waals surface area contributed by atoms with Crippen molar-refractivity contribution in [2.75, 3.05) is 30.9 Å². The van der Waals surface area contributed by atoms with Crippen LogP contribution in [0.1, 0.15) is 10.4 Å². The van der Waals surface area contributed by atoms with E-state index in [0.29, 0.717) is 5.88 Å². The first-order valence-electron chi connectivity index (χ1n) is 7.86. The van der Waals surface area contributed by atoms with Crippen LogP contribution in [0.15, 0.2) is 30.6 Å². The number of nitrogens with one attached hydrogen (secondary N) is 1. The molecule has 0 unspecified atom stereocenters. The van der Waals surface area contributed by atoms with Gasteiger partial charge in [0.25, 0.3) is 5.91 Å². The Kier molecular flexibility index (Phi) is 4.85. The molecule has 0 aliphatic heterocycles. The fourth-order valence-corrected chi connectivity index (χ4v) is 3.42. The maximum Gasteiger partial charge on any atom is 0.262 e. The van der Waals surface area contributed by atoms with E-state index in [4.69, 9.17) is 4.74 Å². The van der Waals surface area contributed by atoms with E-state index in [9.17, 15) is 4.79 Å². The summed E-state index contributed by atoms with van der Waals surface area (Å²) < 4.78 is 5.64. The van der Waals surface area contributed by atoms with Gasteiger partial charge < -0.3 is 15.0 Å². The number of fused-ring (bicyclic) bond motifs is 1. The maximum absolute atomic E-state index is 12.1. The number of carbonyl (C=O) groups is 1. The molecule has 130 valence electrons. The van der Waals surface area contributed by atoms with Crippen LogP contribution in [0.25, 0.3) is 10.2 Å². The molecule has 7 heteroatoms. The second kappa shape index (κ2) is 7.06. The van der Waals surface area contributed by atoms with E-state index in [1.54, 1.807) is 11.3 Å². The van der Waals surface area contributed by atoms with Crippen molar-refractivity contribution in [3.8, 4) is 5.88 Å². The molecule has 1 aromatic carbocycles. The summed E-state index contributed by atoms with van der Waals surface area (Å²) in [6, 6.07) is 7.62. The Labute approximate surface area is 150 Å². The standard InChI is InChI=1S/C18H20N4O2S/c1-11-12(2)25-18-16(11)17(19-10-20-18)24-9-15(23)21-13-5-7-14(8-6-13)22(3)4/h5-8,10H,9H2,1-4H3,(H,21,23). The molecule has 0 aliphatic carbocycles. The Bertz CT molecular complexity index is 903. The van der Waals surface area contributed by atoms with Crippen molar-refractivity contribution < 1.29 is 9.53 Å². The lowest BCUT2D eigenvalue weighted by molar-refractivity contribution is -0.118. The van der Waals surface area contributed by atoms with Crippen molar-refractivity contribution >= 4 is 38.8 Å². The Balaban J connectivity index is 1.66. The van der Waals surface area contributed by atoms with Gasteiger partial charge in [0, 0.05) is 30.3 Å². The highest BCUT2D eigenvalue weighted by atomic mass is 32.1. The second-order valence-electron chi connectivity index (χ2n) is 5.92. The first-order valence-corrected chi connectivity index (χ1v) is 8.68. The normalized spacial score (nSPS) is 10.7. The summed E-state index contributed by atoms with van der Waals surface area (Å²) in [7, 11) is 3.94. The smallest absolute Gasteiger partial charge is 0.262 e. The highest BCUT2D eigenvalue weighted by Crippen LogP contribution is 2.33. The average Bonchev–Trinajstić information content (AvgIpc) is 2.88. The number of hydrogen-bond donors (Lipinski definition) is 1. The Morgan fingerprint density at radius 1 is 1.20 bits per heavy atom. The predicted octanol–water partition coefficient (Wildman–Crippen LogP) is 3.39. The van der Waals surface area contributed by atoms with Gasteiger partial charge >= 0.3 is 0 Å². The van der Waals surface area contributed by atoms with Gasteiger partial charge in [-0.05, 0) is 43.7 Å². The third-order valence-corrected chi connectivity index (χ3v) is 5.05. The van der Waals surface area contributed by atoms with E-state index in [1.807, 2.05) is 57.1 Å². The molecule has 0 atom stereocenters. The average molecular weight is 356 g/mol. The van der Waals surface area contributed by atoms with Gasteiger partial charge in [-0.2, -0.15) is 0 Å². The van der Waals surface area contributed by atoms with Crippen LogP contribution in [0.5, 0.6) is 5.88 Å². The molecule has 0 saturated carbocycles. The van der Waals surface area contributed by atoms with Gasteiger partial charge in [0.2, 0.25) is 5.88 Å². The molecule has 0 bridgehead atoms. The molecule has 1 amide bonds. The predicted molar refractivity (Wildman–Crippen MR) is 102 cm³/mol. The van der Waals surface area contributed by atoms with E-state index in [-0.39, 0.29) is 12.5 Å². The lowest BCUT2D eigenvalue weighted by atomic mass is 10.2. The molecule has 1 N–H and O–H groups in total. The van der Waals surface area contributed by atoms with E-state index in [0.717, 1.165) is 27.2 Å². The molecule has 0 fully saturated rings. The molecule has 3 aromatic rings. The van der Waals surface area contributed by atoms with Crippen molar-refractivity contribution in [1.82, 2.24) is 9.97 Å². The first kappa shape index (κ1) is 17.2. The number of aryl methyl sites for hydroxylation is 2. The fourth-order valence-electron chi connectivity index (χ4n) is 2.43. The molecular formula is C18H20N4O2S. The number of thiophene rings is 1. The van der Waals surface area contributed by atoms with Crippen LogP contribution in [0.4, 0.5) is 11.4 Å². The summed E-state index contributed by atoms with van der Waals surface area (Å²) >= 11 is 1.60. The number of carbonyl (C=O) groups excluding carboxylic acids is 1. The number of ether oxygens (including phenoxy) is 1. The summed E-state index contributed by atoms with van der Waals surface area (Å²) in [5.41, 5.74) is 2.89. The second-order valence-corrected chi connectivity index (χ2v) is 7.12. The van der Waals surface area contributed by atoms with Crippen LogP contribution in [0.2, 0.25) is 0 Å². The van der Waals surface area contributed by atoms with Crippen LogP contribution in [-0.2, 0) is 4.79 Å². The zero-order valence-electron chi connectivity index (χ0n) is 14.7. The van der Waals surface area contributed by atoms with Gasteiger partial charge in [0.05, 0.1) is 5.39 Å². The Hall–Kier alpha value is -2.67. The van der Waals surface area contributed by atoms with E-state index < -0.39 is 0 Å². The lowest BCUT2D eigenvalue weighted by Crippen LogP contribution is -2.20. The number of anilines is 2. The highest BCUT2D eigenvalue weighted by Gasteiger charge is 2.14. The molecule has 0 spiro atoms. The minimum atomic E-state index is -0.228. The summed E-state index contributed by atoms with van der Waals surface area (Å²) in [5.74, 6) is 0.221. The minimum Gasteiger partial charge on any atom is -0.467 e. The fraction of sp³-hybridized carbons (Fsp3) is 0.278. The van der Waals surface area contributed by atoms with Crippen LogP contribution < -0.4 is 15.0 Å². The van der Waals surface area contributed by atoms with Crippen molar-refractivity contribution in [3.63, 3.8) is 0 Å². The van der Waals surface area contributed by atoms with E-state index in [1.165, 1.54) is 11.2 Å². The van der Waals surface area contributed by atoms with Gasteiger partial charge in [-0.15, -0.1) is 11.3 Å². The van der Waals surface area contributed by atoms with Crippen molar-refractivity contribution in [3.05, 3.63) is 41.0 Å². The number of benzene rings is 1. The summed E-state index contributed by atoms with van der Waals surface area (Å²) in [6.07, 6.45) is 1.46. The summed E-state index contributed by atoms with van der Waals surface area (Å²) in [4.78, 5) is 24.6. The number of hydrogen-bond acceptors (Lipinski definition) is 6. The Morgan fingerprint density at radius 3 is 2.60 bits per heavy atom. The van der Waals surface area contributed by atoms with Crippen molar-refractivity contribution in [2.24, 2.45) is 0 Å². The van der Waals surface area contributed by atoms with Gasteiger partial charge in [-0.25, -0.2) is 9.97 Å². The van der Waals surface area contributed by atoms with Gasteiger partial charge in [-0.1, -0.05) is 0 Å². The van der Waals surface area contributed by atoms with Gasteiger partial charge in [0.15, 0.2) is 6.61 Å². The summed E-state index contributed by atoms with van der Waals surface area (Å²) in [6.45, 7) is 3.95. The molecule has 6 nitrogen and oxygen atoms in total. The third kappa shape index (κ3) is 3.71. The van der Waals surface area contributed by atoms with Crippen molar-refractivity contribution in [2.45, 2.75) is 13.8 Å². The monoisotopic (exact) mass is 356 g/mol. The van der Waals surface area contributed by atoms with Crippen LogP contribution in [0, 0.1) is 13.8 Å². The number of nitrogens with zero attached hydrogens (tertiary/aromatic N) is 3. The van der Waals surface area contributed by atoms with Gasteiger partial charge in [0.1, 0.15) is 11.2 Å². The van der Waals surface area contributed by atoms with Gasteiger partial charge in [-0.3, -0.25) is 4.79 Å². The number of rotatable bonds is 5. The number of amides is 1. The van der Waals surface area contributed by atoms with Crippen LogP contribution in [-0.4, -0.2) is 36.6 Å². The largest absolute Gasteiger partial charge is 0.467 e. The molecule has 0 aliphatic rings. The molecule has 25 heavy (non-hydrogen) atoms. The molecule has 2 heterocycles. The SMILES string of the molecule is Cc1sc2ncnc(OCC(=O)Nc3ccc(N(C)C)cc3)c2c1C. The quantitative estimate of drug-likeness (QED) is 0.759. The molecule has 3 rings (SSSR count). The molecular weight excluding hydrogens is 336 g/mol. The third-order valence-electron chi connectivity index (χ3n) is 3.94. The first-order chi connectivity index (χ1) is 12.0. The lowest BCUT2D eigenvalue weighted by Gasteiger charge is -2.13. The zero-order chi connectivity index (χ0) is 18.0. The highest BCUT2D eigenvalue weighted by molar-refractivity contribution is 7.18. The molecule has 0 radical (unpaired) electrons. The Morgan fingerprint density at radius 2 is 1.92 bits per heavy atom. The van der Waals surface area contributed by atoms with E-state index in [2.05, 4.69) is 15.3 Å². The minimum absolute atomic E-state index is 0.101. The van der Waals surface area contributed by atoms with Crippen LogP contribution in [0.3, 0.4) is 0 Å². The molecule has 2 aromatic heterocycles. The van der Waals surface area contributed by atoms with Crippen molar-refractivity contribution in [1.29, 1.82) is 0 Å². The topological polar surface area (TPSA) is 67.3 Å². The number of aromatic nitrogens is 2. The zero-order valence-corrected chi connectivity index (χ0v) is 15.5. The molecule has 0 saturated heterocycles.